The zero-order valence-corrected chi connectivity index (χ0v) is 15.1. The molecule has 9 heteroatoms. The van der Waals surface area contributed by atoms with Gasteiger partial charge in [0.15, 0.2) is 0 Å². The highest BCUT2D eigenvalue weighted by Gasteiger charge is 2.36. The summed E-state index contributed by atoms with van der Waals surface area (Å²) in [4.78, 5) is 40.9. The second kappa shape index (κ2) is 8.91. The fourth-order valence-electron chi connectivity index (χ4n) is 3.09. The summed E-state index contributed by atoms with van der Waals surface area (Å²) in [6.45, 7) is 2.61. The molecule has 1 aromatic heterocycles. The molecule has 0 saturated carbocycles. The summed E-state index contributed by atoms with van der Waals surface area (Å²) >= 11 is 1.32. The summed E-state index contributed by atoms with van der Waals surface area (Å²) in [5, 5.41) is 12.3. The van der Waals surface area contributed by atoms with E-state index >= 15 is 0 Å². The molecule has 0 bridgehead atoms. The number of nitrogens with two attached hydrogens (primary N) is 1. The van der Waals surface area contributed by atoms with Crippen LogP contribution in [0.2, 0.25) is 0 Å². The number of carbonyl (C=O) groups excluding carboxylic acids is 3. The minimum absolute atomic E-state index is 0.0179. The molecule has 3 amide bonds. The second-order valence-corrected chi connectivity index (χ2v) is 7.08. The number of likely N-dealkylation sites (tertiary alicyclic amines) is 1. The average molecular weight is 368 g/mol. The topological polar surface area (TPSA) is 117 Å². The van der Waals surface area contributed by atoms with Crippen molar-refractivity contribution in [3.05, 3.63) is 16.1 Å². The van der Waals surface area contributed by atoms with Gasteiger partial charge in [0.25, 0.3) is 5.91 Å². The van der Waals surface area contributed by atoms with E-state index in [1.54, 1.807) is 10.3 Å². The molecule has 1 fully saturated rings. The lowest BCUT2D eigenvalue weighted by Gasteiger charge is -2.28. The van der Waals surface area contributed by atoms with Crippen LogP contribution in [0.5, 0.6) is 0 Å². The number of carbonyl (C=O) groups is 3. The van der Waals surface area contributed by atoms with Crippen molar-refractivity contribution in [3.63, 3.8) is 0 Å². The van der Waals surface area contributed by atoms with Gasteiger partial charge in [-0.2, -0.15) is 0 Å². The molecule has 138 valence electrons. The molecule has 1 aliphatic heterocycles. The van der Waals surface area contributed by atoms with Crippen LogP contribution in [0.25, 0.3) is 0 Å². The van der Waals surface area contributed by atoms with Crippen molar-refractivity contribution < 1.29 is 19.6 Å². The quantitative estimate of drug-likeness (QED) is 0.390. The van der Waals surface area contributed by atoms with Crippen LogP contribution >= 0.6 is 11.3 Å². The van der Waals surface area contributed by atoms with Crippen LogP contribution in [-0.4, -0.2) is 51.5 Å². The van der Waals surface area contributed by atoms with E-state index in [0.29, 0.717) is 29.4 Å². The van der Waals surface area contributed by atoms with Gasteiger partial charge in [-0.25, -0.2) is 10.0 Å². The van der Waals surface area contributed by atoms with Crippen LogP contribution in [0.3, 0.4) is 0 Å². The first-order valence-electron chi connectivity index (χ1n) is 8.44. The molecule has 2 atom stereocenters. The number of hydrogen-bond donors (Lipinski definition) is 2. The van der Waals surface area contributed by atoms with Gasteiger partial charge in [-0.05, 0) is 19.3 Å². The van der Waals surface area contributed by atoms with Crippen molar-refractivity contribution in [2.75, 3.05) is 13.1 Å². The molecule has 0 aliphatic carbocycles. The summed E-state index contributed by atoms with van der Waals surface area (Å²) < 4.78 is 0. The SMILES string of the molecule is CCCCC(CN(O)C=O)C(=O)N1CCCC1c1nc(C(N)=O)cs1. The van der Waals surface area contributed by atoms with Crippen LogP contribution in [0.4, 0.5) is 0 Å². The number of rotatable bonds is 9. The summed E-state index contributed by atoms with van der Waals surface area (Å²) in [6, 6.07) is -0.182. The molecule has 2 rings (SSSR count). The molecule has 0 aromatic carbocycles. The zero-order chi connectivity index (χ0) is 18.4. The maximum Gasteiger partial charge on any atom is 0.268 e. The van der Waals surface area contributed by atoms with Gasteiger partial charge in [0, 0.05) is 11.9 Å². The van der Waals surface area contributed by atoms with Crippen molar-refractivity contribution in [1.82, 2.24) is 14.9 Å². The standard InChI is InChI=1S/C16H24N4O4S/c1-2-3-5-11(8-19(24)10-21)16(23)20-7-4-6-13(20)15-18-12(9-25-15)14(17)22/h9-11,13,24H,2-8H2,1H3,(H2,17,22). The van der Waals surface area contributed by atoms with Crippen LogP contribution in [-0.2, 0) is 9.59 Å². The number of aromatic nitrogens is 1. The van der Waals surface area contributed by atoms with Crippen molar-refractivity contribution >= 4 is 29.6 Å². The van der Waals surface area contributed by atoms with Gasteiger partial charge >= 0.3 is 0 Å². The Hall–Kier alpha value is -2.00. The summed E-state index contributed by atoms with van der Waals surface area (Å²) in [7, 11) is 0. The van der Waals surface area contributed by atoms with Gasteiger partial charge in [0.2, 0.25) is 12.3 Å². The van der Waals surface area contributed by atoms with E-state index in [4.69, 9.17) is 5.73 Å². The third kappa shape index (κ3) is 4.76. The van der Waals surface area contributed by atoms with E-state index < -0.39 is 11.8 Å². The smallest absolute Gasteiger partial charge is 0.268 e. The number of hydrogen-bond acceptors (Lipinski definition) is 6. The molecule has 1 aromatic rings. The van der Waals surface area contributed by atoms with E-state index in [-0.39, 0.29) is 24.2 Å². The molecule has 8 nitrogen and oxygen atoms in total. The zero-order valence-electron chi connectivity index (χ0n) is 14.3. The minimum Gasteiger partial charge on any atom is -0.364 e. The van der Waals surface area contributed by atoms with Crippen LogP contribution < -0.4 is 5.73 Å². The number of amides is 3. The lowest BCUT2D eigenvalue weighted by Crippen LogP contribution is -2.40. The second-order valence-electron chi connectivity index (χ2n) is 6.19. The third-order valence-corrected chi connectivity index (χ3v) is 5.33. The number of primary amides is 1. The molecular formula is C16H24N4O4S. The Morgan fingerprint density at radius 1 is 1.60 bits per heavy atom. The van der Waals surface area contributed by atoms with Crippen molar-refractivity contribution in [2.45, 2.75) is 45.1 Å². The molecule has 25 heavy (non-hydrogen) atoms. The molecule has 2 unspecified atom stereocenters. The lowest BCUT2D eigenvalue weighted by atomic mass is 10.00. The highest BCUT2D eigenvalue weighted by atomic mass is 32.1. The Labute approximate surface area is 150 Å². The first-order chi connectivity index (χ1) is 12.0. The Morgan fingerprint density at radius 3 is 2.96 bits per heavy atom. The van der Waals surface area contributed by atoms with Crippen LogP contribution in [0.1, 0.15) is 60.6 Å². The van der Waals surface area contributed by atoms with E-state index in [9.17, 15) is 19.6 Å². The molecular weight excluding hydrogens is 344 g/mol. The highest BCUT2D eigenvalue weighted by molar-refractivity contribution is 7.09. The van der Waals surface area contributed by atoms with Gasteiger partial charge < -0.3 is 10.6 Å². The number of hydroxylamine groups is 2. The van der Waals surface area contributed by atoms with E-state index in [1.807, 2.05) is 6.92 Å². The maximum atomic E-state index is 13.0. The van der Waals surface area contributed by atoms with Gasteiger partial charge in [0.1, 0.15) is 10.7 Å². The summed E-state index contributed by atoms with van der Waals surface area (Å²) in [5.41, 5.74) is 5.46. The van der Waals surface area contributed by atoms with Crippen molar-refractivity contribution in [1.29, 1.82) is 0 Å². The Kier molecular flexibility index (Phi) is 6.89. The van der Waals surface area contributed by atoms with Crippen LogP contribution in [0, 0.1) is 5.92 Å². The fourth-order valence-corrected chi connectivity index (χ4v) is 4.04. The predicted octanol–water partition coefficient (Wildman–Crippen LogP) is 1.56. The molecule has 0 spiro atoms. The first-order valence-corrected chi connectivity index (χ1v) is 9.32. The van der Waals surface area contributed by atoms with Gasteiger partial charge in [-0.15, -0.1) is 11.3 Å². The predicted molar refractivity (Wildman–Crippen MR) is 91.9 cm³/mol. The lowest BCUT2D eigenvalue weighted by molar-refractivity contribution is -0.157. The third-order valence-electron chi connectivity index (χ3n) is 4.38. The molecule has 1 saturated heterocycles. The average Bonchev–Trinajstić information content (AvgIpc) is 3.26. The van der Waals surface area contributed by atoms with Crippen molar-refractivity contribution in [2.24, 2.45) is 11.7 Å². The molecule has 3 N–H and O–H groups in total. The number of thiazole rings is 1. The van der Waals surface area contributed by atoms with Gasteiger partial charge in [-0.3, -0.25) is 19.6 Å². The number of nitrogens with zero attached hydrogens (tertiary/aromatic N) is 3. The highest BCUT2D eigenvalue weighted by Crippen LogP contribution is 2.35. The first kappa shape index (κ1) is 19.3. The summed E-state index contributed by atoms with van der Waals surface area (Å²) in [6.07, 6.45) is 4.30. The van der Waals surface area contributed by atoms with E-state index in [0.717, 1.165) is 25.7 Å². The Morgan fingerprint density at radius 2 is 2.36 bits per heavy atom. The maximum absolute atomic E-state index is 13.0. The molecule has 2 heterocycles. The minimum atomic E-state index is -0.582. The van der Waals surface area contributed by atoms with E-state index in [1.165, 1.54) is 11.3 Å². The Bertz CT molecular complexity index is 621. The van der Waals surface area contributed by atoms with Crippen molar-refractivity contribution in [3.8, 4) is 0 Å². The Balaban J connectivity index is 2.15. The van der Waals surface area contributed by atoms with Crippen LogP contribution in [0.15, 0.2) is 5.38 Å². The summed E-state index contributed by atoms with van der Waals surface area (Å²) in [5.74, 6) is -1.12. The monoisotopic (exact) mass is 368 g/mol. The van der Waals surface area contributed by atoms with E-state index in [2.05, 4.69) is 4.98 Å². The molecule has 0 radical (unpaired) electrons. The van der Waals surface area contributed by atoms with Gasteiger partial charge in [0.05, 0.1) is 18.5 Å². The normalized spacial score (nSPS) is 18.2. The number of unbranched alkanes of at least 4 members (excludes halogenated alkanes) is 1. The largest absolute Gasteiger partial charge is 0.364 e. The fraction of sp³-hybridized carbons (Fsp3) is 0.625. The molecule has 1 aliphatic rings. The van der Waals surface area contributed by atoms with Gasteiger partial charge in [-0.1, -0.05) is 19.8 Å².